The second-order valence-corrected chi connectivity index (χ2v) is 26.5. The molecule has 0 aromatic carbocycles. The number of allylic oxidation sites excluding steroid dienone is 1. The molecule has 0 fully saturated rings. The molecule has 446 valence electrons. The van der Waals surface area contributed by atoms with E-state index in [0.717, 1.165) is 113 Å². The third-order valence-electron chi connectivity index (χ3n) is 16.5. The lowest BCUT2D eigenvalue weighted by atomic mass is 9.71. The monoisotopic (exact) mass is 1140 g/mol. The maximum atomic E-state index is 13.1. The number of hydrogen-bond donors (Lipinski definition) is 3. The number of hydrogen-bond acceptors (Lipinski definition) is 14. The van der Waals surface area contributed by atoms with Crippen molar-refractivity contribution >= 4 is 69.5 Å². The minimum Gasteiger partial charge on any atom is -0.461 e. The van der Waals surface area contributed by atoms with Crippen LogP contribution in [0.1, 0.15) is 216 Å². The molecule has 6 aromatic heterocycles. The van der Waals surface area contributed by atoms with E-state index in [0.29, 0.717) is 77.2 Å². The van der Waals surface area contributed by atoms with E-state index in [4.69, 9.17) is 44.9 Å². The van der Waals surface area contributed by atoms with Crippen molar-refractivity contribution in [2.75, 3.05) is 26.4 Å². The average molecular weight is 1140 g/mol. The summed E-state index contributed by atoms with van der Waals surface area (Å²) in [6.45, 7) is 32.3. The Balaban J connectivity index is 0.000000180. The zero-order valence-electron chi connectivity index (χ0n) is 51.8. The van der Waals surface area contributed by atoms with Gasteiger partial charge in [-0.2, -0.15) is 5.26 Å². The highest BCUT2D eigenvalue weighted by molar-refractivity contribution is 6.11. The Morgan fingerprint density at radius 1 is 0.651 bits per heavy atom. The van der Waals surface area contributed by atoms with Crippen LogP contribution in [0.4, 0.5) is 4.79 Å². The van der Waals surface area contributed by atoms with Gasteiger partial charge in [-0.3, -0.25) is 19.7 Å². The first-order valence-electron chi connectivity index (χ1n) is 29.7. The van der Waals surface area contributed by atoms with Crippen LogP contribution in [0.25, 0.3) is 39.2 Å². The normalized spacial score (nSPS) is 17.1. The van der Waals surface area contributed by atoms with Crippen molar-refractivity contribution in [1.82, 2.24) is 29.5 Å². The first-order chi connectivity index (χ1) is 39.1. The number of nitriles is 1. The maximum absolute atomic E-state index is 13.1. The van der Waals surface area contributed by atoms with E-state index in [-0.39, 0.29) is 34.7 Å². The SMILES string of the molecule is CCOC(=O)c1[nH]c2cc3c(nc2c1/C=C/C#N)CCC(C(C)(C)C)C3.CCOC(=O)c1[nH]c2cc3c(nc2c1CCCN)CCC(C(C)(C)C)C3.CCOC(=O)c1c(C=O)c2nc3c(cc2n1C(=O)OC(C)(C)C)CC(C(C)(C)C)CC3. The Kier molecular flexibility index (Phi) is 19.7. The Hall–Kier alpha value is -7.19. The van der Waals surface area contributed by atoms with Crippen molar-refractivity contribution in [3.63, 3.8) is 0 Å². The number of ether oxygens (including phenoxy) is 4. The molecule has 3 aliphatic rings. The van der Waals surface area contributed by atoms with E-state index in [1.165, 1.54) is 29.3 Å². The molecule has 0 saturated heterocycles. The molecule has 9 rings (SSSR count). The molecule has 4 N–H and O–H groups in total. The number of aromatic nitrogens is 6. The van der Waals surface area contributed by atoms with Gasteiger partial charge in [0, 0.05) is 34.3 Å². The molecule has 0 amide bonds. The number of aldehydes is 1. The van der Waals surface area contributed by atoms with Gasteiger partial charge in [-0.1, -0.05) is 62.3 Å². The molecule has 0 saturated carbocycles. The summed E-state index contributed by atoms with van der Waals surface area (Å²) in [6.07, 6.45) is 13.3. The van der Waals surface area contributed by atoms with Gasteiger partial charge in [0.1, 0.15) is 22.5 Å². The van der Waals surface area contributed by atoms with Crippen molar-refractivity contribution < 1.29 is 42.9 Å². The second kappa shape index (κ2) is 25.7. The van der Waals surface area contributed by atoms with Crippen molar-refractivity contribution in [1.29, 1.82) is 5.26 Å². The molecule has 0 aliphatic heterocycles. The predicted octanol–water partition coefficient (Wildman–Crippen LogP) is 13.2. The van der Waals surface area contributed by atoms with Crippen LogP contribution in [-0.4, -0.2) is 91.7 Å². The van der Waals surface area contributed by atoms with Crippen LogP contribution in [0.15, 0.2) is 24.3 Å². The fourth-order valence-electron chi connectivity index (χ4n) is 11.8. The van der Waals surface area contributed by atoms with Gasteiger partial charge in [0.15, 0.2) is 12.0 Å². The average Bonchev–Trinajstić information content (AvgIpc) is 3.29. The lowest BCUT2D eigenvalue weighted by Gasteiger charge is -2.34. The first-order valence-corrected chi connectivity index (χ1v) is 29.7. The van der Waals surface area contributed by atoms with Crippen molar-refractivity contribution in [3.05, 3.63) is 91.8 Å². The van der Waals surface area contributed by atoms with Crippen LogP contribution < -0.4 is 5.73 Å². The highest BCUT2D eigenvalue weighted by Crippen LogP contribution is 2.42. The number of H-pyrrole nitrogens is 2. The highest BCUT2D eigenvalue weighted by atomic mass is 16.6. The third-order valence-corrected chi connectivity index (χ3v) is 16.5. The topological polar surface area (TPSA) is 247 Å². The quantitative estimate of drug-likeness (QED) is 0.0473. The van der Waals surface area contributed by atoms with Gasteiger partial charge >= 0.3 is 24.0 Å². The van der Waals surface area contributed by atoms with Gasteiger partial charge in [-0.15, -0.1) is 0 Å². The molecule has 83 heavy (non-hydrogen) atoms. The van der Waals surface area contributed by atoms with Crippen molar-refractivity contribution in [2.24, 2.45) is 39.7 Å². The lowest BCUT2D eigenvalue weighted by Crippen LogP contribution is -2.29. The summed E-state index contributed by atoms with van der Waals surface area (Å²) in [6, 6.07) is 8.18. The predicted molar refractivity (Wildman–Crippen MR) is 324 cm³/mol. The summed E-state index contributed by atoms with van der Waals surface area (Å²) in [5, 5.41) is 8.88. The number of carbonyl (C=O) groups excluding carboxylic acids is 5. The van der Waals surface area contributed by atoms with Gasteiger partial charge in [0.05, 0.1) is 59.0 Å². The number of carbonyl (C=O) groups is 5. The number of rotatable bonds is 11. The number of nitrogens with two attached hydrogens (primary N) is 1. The number of aromatic amines is 2. The number of fused-ring (bicyclic) bond motifs is 6. The molecule has 3 aliphatic carbocycles. The molecule has 6 aromatic rings. The number of nitrogens with one attached hydrogen (secondary N) is 2. The Morgan fingerprint density at radius 2 is 1.10 bits per heavy atom. The molecule has 17 nitrogen and oxygen atoms in total. The Labute approximate surface area is 489 Å². The van der Waals surface area contributed by atoms with Crippen LogP contribution >= 0.6 is 0 Å². The largest absolute Gasteiger partial charge is 0.461 e. The molecular formula is C66H88N8O9. The van der Waals surface area contributed by atoms with Gasteiger partial charge in [-0.25, -0.2) is 23.7 Å². The molecule has 0 radical (unpaired) electrons. The molecular weight excluding hydrogens is 1050 g/mol. The minimum atomic E-state index is -0.778. The number of esters is 3. The molecule has 6 heterocycles. The van der Waals surface area contributed by atoms with Crippen molar-refractivity contribution in [2.45, 2.75) is 180 Å². The summed E-state index contributed by atoms with van der Waals surface area (Å²) < 4.78 is 22.2. The fraction of sp³-hybridized carbons (Fsp3) is 0.561. The van der Waals surface area contributed by atoms with E-state index in [1.807, 2.05) is 19.1 Å². The first kappa shape index (κ1) is 63.4. The zero-order chi connectivity index (χ0) is 60.9. The lowest BCUT2D eigenvalue weighted by molar-refractivity contribution is 0.0452. The van der Waals surface area contributed by atoms with E-state index in [9.17, 15) is 24.0 Å². The van der Waals surface area contributed by atoms with Crippen LogP contribution in [0.3, 0.4) is 0 Å². The van der Waals surface area contributed by atoms with Gasteiger partial charge < -0.3 is 34.6 Å². The van der Waals surface area contributed by atoms with E-state index in [1.54, 1.807) is 40.7 Å². The minimum absolute atomic E-state index is 0.0556. The standard InChI is InChI=1S/C24H32N2O5.C21H31N3O2.C21H25N3O2/c1-8-30-21(28)20-16(13-27)19-18(26(20)22(29)31-24(5,6)7)12-14-11-15(23(2,3)4)9-10-17(14)25-19;2*1-5-26-20(25)19-15(7-6-10-22)18-17(24-19)12-13-11-14(21(2,3)4)8-9-16(13)23-18/h12-13,15H,8-11H2,1-7H3;12,14,24H,5-11,22H2,1-4H3;6-7,12,14,24H,5,8-9,11H2,1-4H3/b;;7-6+. The summed E-state index contributed by atoms with van der Waals surface area (Å²) >= 11 is 0. The smallest absolute Gasteiger partial charge is 0.419 e. The summed E-state index contributed by atoms with van der Waals surface area (Å²) in [7, 11) is 0. The van der Waals surface area contributed by atoms with Gasteiger partial charge in [-0.05, 0) is 194 Å². The van der Waals surface area contributed by atoms with Crippen molar-refractivity contribution in [3.8, 4) is 6.07 Å². The number of nitrogens with zero attached hydrogens (tertiary/aromatic N) is 5. The highest BCUT2D eigenvalue weighted by Gasteiger charge is 2.36. The van der Waals surface area contributed by atoms with Crippen LogP contribution in [-0.2, 0) is 63.9 Å². The Morgan fingerprint density at radius 3 is 1.55 bits per heavy atom. The van der Waals surface area contributed by atoms with Gasteiger partial charge in [0.25, 0.3) is 0 Å². The van der Waals surface area contributed by atoms with Crippen LogP contribution in [0.2, 0.25) is 0 Å². The number of aryl methyl sites for hydroxylation is 4. The number of pyridine rings is 3. The second-order valence-electron chi connectivity index (χ2n) is 26.5. The maximum Gasteiger partial charge on any atom is 0.419 e. The molecule has 3 unspecified atom stereocenters. The summed E-state index contributed by atoms with van der Waals surface area (Å²) in [4.78, 5) is 83.6. The van der Waals surface area contributed by atoms with E-state index >= 15 is 0 Å². The Bertz CT molecular complexity index is 3470. The molecule has 0 bridgehead atoms. The van der Waals surface area contributed by atoms with Crippen LogP contribution in [0, 0.1) is 45.3 Å². The van der Waals surface area contributed by atoms with E-state index < -0.39 is 23.6 Å². The molecule has 17 heteroatoms. The third kappa shape index (κ3) is 14.4. The summed E-state index contributed by atoms with van der Waals surface area (Å²) in [5.74, 6) is 0.270. The van der Waals surface area contributed by atoms with E-state index in [2.05, 4.69) is 84.4 Å². The van der Waals surface area contributed by atoms with Crippen LogP contribution in [0.5, 0.6) is 0 Å². The summed E-state index contributed by atoms with van der Waals surface area (Å²) in [5.41, 5.74) is 18.9. The van der Waals surface area contributed by atoms with Gasteiger partial charge in [0.2, 0.25) is 0 Å². The zero-order valence-corrected chi connectivity index (χ0v) is 51.8. The molecule has 0 spiro atoms. The molecule has 3 atom stereocenters. The fourth-order valence-corrected chi connectivity index (χ4v) is 11.8.